The van der Waals surface area contributed by atoms with Gasteiger partial charge in [-0.2, -0.15) is 5.26 Å². The molecule has 20 heavy (non-hydrogen) atoms. The predicted octanol–water partition coefficient (Wildman–Crippen LogP) is 3.86. The zero-order chi connectivity index (χ0) is 14.4. The number of fused-ring (bicyclic) bond motifs is 2. The van der Waals surface area contributed by atoms with E-state index in [2.05, 4.69) is 38.2 Å². The van der Waals surface area contributed by atoms with Gasteiger partial charge in [-0.05, 0) is 53.7 Å². The fourth-order valence-corrected chi connectivity index (χ4v) is 4.50. The lowest BCUT2D eigenvalue weighted by Crippen LogP contribution is -2.44. The highest BCUT2D eigenvalue weighted by Gasteiger charge is 2.60. The molecule has 3 unspecified atom stereocenters. The third-order valence-electron chi connectivity index (χ3n) is 6.40. The van der Waals surface area contributed by atoms with Crippen LogP contribution in [0, 0.1) is 28.1 Å². The number of nitriles is 1. The van der Waals surface area contributed by atoms with E-state index in [4.69, 9.17) is 5.26 Å². The smallest absolute Gasteiger partial charge is 0.0991 e. The summed E-state index contributed by atoms with van der Waals surface area (Å²) in [5.74, 6) is 0.871. The van der Waals surface area contributed by atoms with Crippen LogP contribution in [0.5, 0.6) is 0 Å². The minimum atomic E-state index is 0.421. The fraction of sp³-hybridized carbons (Fsp3) is 0.611. The van der Waals surface area contributed by atoms with Crippen LogP contribution in [0.3, 0.4) is 0 Å². The molecular weight excluding hydrogens is 244 g/mol. The van der Waals surface area contributed by atoms with Crippen LogP contribution in [-0.2, 0) is 6.54 Å². The molecule has 2 aliphatic carbocycles. The van der Waals surface area contributed by atoms with Gasteiger partial charge in [0.25, 0.3) is 0 Å². The highest BCUT2D eigenvalue weighted by molar-refractivity contribution is 5.32. The molecular formula is C18H24N2. The van der Waals surface area contributed by atoms with Crippen molar-refractivity contribution in [3.63, 3.8) is 0 Å². The van der Waals surface area contributed by atoms with Crippen molar-refractivity contribution in [2.45, 2.75) is 52.6 Å². The van der Waals surface area contributed by atoms with Gasteiger partial charge in [0.1, 0.15) is 0 Å². The van der Waals surface area contributed by atoms with Crippen molar-refractivity contribution >= 4 is 0 Å². The van der Waals surface area contributed by atoms with Crippen LogP contribution in [0.25, 0.3) is 0 Å². The van der Waals surface area contributed by atoms with E-state index in [0.29, 0.717) is 16.9 Å². The molecule has 1 aromatic rings. The molecule has 0 aromatic heterocycles. The summed E-state index contributed by atoms with van der Waals surface area (Å²) in [5, 5.41) is 12.7. The van der Waals surface area contributed by atoms with Gasteiger partial charge < -0.3 is 5.32 Å². The van der Waals surface area contributed by atoms with Gasteiger partial charge in [-0.25, -0.2) is 0 Å². The van der Waals surface area contributed by atoms with E-state index in [-0.39, 0.29) is 0 Å². The van der Waals surface area contributed by atoms with E-state index in [1.165, 1.54) is 24.8 Å². The molecule has 0 radical (unpaired) electrons. The zero-order valence-electron chi connectivity index (χ0n) is 12.7. The van der Waals surface area contributed by atoms with Gasteiger partial charge in [0.15, 0.2) is 0 Å². The summed E-state index contributed by atoms with van der Waals surface area (Å²) in [7, 11) is 0. The first kappa shape index (κ1) is 13.6. The van der Waals surface area contributed by atoms with Gasteiger partial charge in [0.05, 0.1) is 11.6 Å². The largest absolute Gasteiger partial charge is 0.309 e. The Morgan fingerprint density at radius 3 is 2.75 bits per heavy atom. The second kappa shape index (κ2) is 4.60. The third kappa shape index (κ3) is 1.88. The van der Waals surface area contributed by atoms with Crippen molar-refractivity contribution in [1.82, 2.24) is 5.32 Å². The maximum atomic E-state index is 8.97. The van der Waals surface area contributed by atoms with Crippen LogP contribution in [0.2, 0.25) is 0 Å². The monoisotopic (exact) mass is 268 g/mol. The molecule has 3 atom stereocenters. The number of hydrogen-bond acceptors (Lipinski definition) is 2. The van der Waals surface area contributed by atoms with Crippen LogP contribution in [0.15, 0.2) is 24.3 Å². The van der Waals surface area contributed by atoms with E-state index in [1.54, 1.807) is 0 Å². The number of nitrogens with zero attached hydrogens (tertiary/aromatic N) is 1. The summed E-state index contributed by atoms with van der Waals surface area (Å²) in [6.07, 6.45) is 4.05. The van der Waals surface area contributed by atoms with Crippen LogP contribution in [-0.4, -0.2) is 6.04 Å². The topological polar surface area (TPSA) is 35.8 Å². The van der Waals surface area contributed by atoms with Gasteiger partial charge in [-0.3, -0.25) is 0 Å². The summed E-state index contributed by atoms with van der Waals surface area (Å²) in [6.45, 7) is 8.23. The summed E-state index contributed by atoms with van der Waals surface area (Å²) in [4.78, 5) is 0. The lowest BCUT2D eigenvalue weighted by molar-refractivity contribution is 0.120. The van der Waals surface area contributed by atoms with Gasteiger partial charge in [0.2, 0.25) is 0 Å². The highest BCUT2D eigenvalue weighted by atomic mass is 15.0. The van der Waals surface area contributed by atoms with Crippen LogP contribution in [0.4, 0.5) is 0 Å². The second-order valence-electron chi connectivity index (χ2n) is 7.36. The van der Waals surface area contributed by atoms with Gasteiger partial charge in [0, 0.05) is 12.6 Å². The maximum absolute atomic E-state index is 8.97. The predicted molar refractivity (Wildman–Crippen MR) is 81.0 cm³/mol. The minimum Gasteiger partial charge on any atom is -0.309 e. The molecule has 2 heteroatoms. The molecule has 2 fully saturated rings. The van der Waals surface area contributed by atoms with E-state index in [9.17, 15) is 0 Å². The second-order valence-corrected chi connectivity index (χ2v) is 7.36. The fourth-order valence-electron chi connectivity index (χ4n) is 4.50. The molecule has 0 aliphatic heterocycles. The molecule has 0 saturated heterocycles. The van der Waals surface area contributed by atoms with Gasteiger partial charge in [-0.15, -0.1) is 0 Å². The molecule has 1 aromatic carbocycles. The zero-order valence-corrected chi connectivity index (χ0v) is 12.7. The van der Waals surface area contributed by atoms with Crippen molar-refractivity contribution in [2.24, 2.45) is 16.7 Å². The van der Waals surface area contributed by atoms with E-state index in [1.807, 2.05) is 18.2 Å². The Kier molecular flexibility index (Phi) is 3.14. The Morgan fingerprint density at radius 2 is 2.15 bits per heavy atom. The van der Waals surface area contributed by atoms with Crippen LogP contribution in [0.1, 0.15) is 51.2 Å². The normalized spacial score (nSPS) is 34.1. The average molecular weight is 268 g/mol. The molecule has 2 nitrogen and oxygen atoms in total. The molecule has 3 rings (SSSR count). The highest BCUT2D eigenvalue weighted by Crippen LogP contribution is 2.65. The van der Waals surface area contributed by atoms with Crippen LogP contribution >= 0.6 is 0 Å². The number of hydrogen-bond donors (Lipinski definition) is 1. The van der Waals surface area contributed by atoms with Crippen molar-refractivity contribution < 1.29 is 0 Å². The Hall–Kier alpha value is -1.33. The Morgan fingerprint density at radius 1 is 1.35 bits per heavy atom. The molecule has 2 saturated carbocycles. The van der Waals surface area contributed by atoms with E-state index < -0.39 is 0 Å². The Labute approximate surface area is 122 Å². The lowest BCUT2D eigenvalue weighted by Gasteiger charge is -2.39. The minimum absolute atomic E-state index is 0.421. The van der Waals surface area contributed by atoms with Crippen LogP contribution < -0.4 is 5.32 Å². The summed E-state index contributed by atoms with van der Waals surface area (Å²) in [5.41, 5.74) is 2.85. The van der Waals surface area contributed by atoms with E-state index in [0.717, 1.165) is 18.0 Å². The number of rotatable bonds is 3. The average Bonchev–Trinajstić information content (AvgIpc) is 2.78. The first-order chi connectivity index (χ1) is 9.47. The quantitative estimate of drug-likeness (QED) is 0.903. The number of benzene rings is 1. The summed E-state index contributed by atoms with van der Waals surface area (Å²) >= 11 is 0. The Balaban J connectivity index is 1.70. The van der Waals surface area contributed by atoms with Gasteiger partial charge in [-0.1, -0.05) is 32.9 Å². The third-order valence-corrected chi connectivity index (χ3v) is 6.40. The van der Waals surface area contributed by atoms with Crippen molar-refractivity contribution in [3.8, 4) is 6.07 Å². The maximum Gasteiger partial charge on any atom is 0.0991 e. The summed E-state index contributed by atoms with van der Waals surface area (Å²) < 4.78 is 0. The molecule has 106 valence electrons. The molecule has 0 amide bonds. The van der Waals surface area contributed by atoms with Crippen molar-refractivity contribution in [1.29, 1.82) is 5.26 Å². The van der Waals surface area contributed by atoms with E-state index >= 15 is 0 Å². The first-order valence-electron chi connectivity index (χ1n) is 7.70. The van der Waals surface area contributed by atoms with Crippen molar-refractivity contribution in [2.75, 3.05) is 0 Å². The molecule has 1 N–H and O–H groups in total. The first-order valence-corrected chi connectivity index (χ1v) is 7.70. The molecule has 2 aliphatic rings. The SMILES string of the molecule is CC1(C)C2CCC1(C)C(NCc1cccc(C#N)c1)C2. The van der Waals surface area contributed by atoms with Gasteiger partial charge >= 0.3 is 0 Å². The molecule has 0 heterocycles. The summed E-state index contributed by atoms with van der Waals surface area (Å²) in [6, 6.07) is 10.8. The lowest BCUT2D eigenvalue weighted by atomic mass is 9.69. The van der Waals surface area contributed by atoms with Crippen molar-refractivity contribution in [3.05, 3.63) is 35.4 Å². The molecule has 2 bridgehead atoms. The standard InChI is InChI=1S/C18H24N2/c1-17(2)15-7-8-18(17,3)16(10-15)20-12-14-6-4-5-13(9-14)11-19/h4-6,9,15-16,20H,7-8,10,12H2,1-3H3. The molecule has 0 spiro atoms. The Bertz CT molecular complexity index is 555. The number of nitrogens with one attached hydrogen (secondary N) is 1.